The van der Waals surface area contributed by atoms with Crippen LogP contribution in [0.25, 0.3) is 0 Å². The monoisotopic (exact) mass is 313 g/mol. The number of rotatable bonds is 8. The van der Waals surface area contributed by atoms with Crippen molar-refractivity contribution >= 4 is 0 Å². The van der Waals surface area contributed by atoms with Crippen molar-refractivity contribution in [3.05, 3.63) is 59.2 Å². The molecule has 3 nitrogen and oxygen atoms in total. The van der Waals surface area contributed by atoms with Crippen LogP contribution in [0, 0.1) is 6.92 Å². The Kier molecular flexibility index (Phi) is 6.48. The van der Waals surface area contributed by atoms with Crippen LogP contribution in [-0.2, 0) is 13.2 Å². The van der Waals surface area contributed by atoms with Gasteiger partial charge in [0.25, 0.3) is 0 Å². The molecule has 1 atom stereocenters. The molecule has 1 N–H and O–H groups in total. The number of ether oxygens (including phenoxy) is 2. The zero-order valence-corrected chi connectivity index (χ0v) is 14.6. The highest BCUT2D eigenvalue weighted by Gasteiger charge is 2.07. The van der Waals surface area contributed by atoms with Crippen LogP contribution in [0.2, 0.25) is 0 Å². The second-order valence-electron chi connectivity index (χ2n) is 5.95. The van der Waals surface area contributed by atoms with Crippen LogP contribution in [0.3, 0.4) is 0 Å². The Labute approximate surface area is 139 Å². The minimum absolute atomic E-state index is 0.512. The summed E-state index contributed by atoms with van der Waals surface area (Å²) in [6, 6.07) is 15.0. The molecule has 3 heteroatoms. The number of methoxy groups -OCH3 is 1. The maximum atomic E-state index is 5.93. The quantitative estimate of drug-likeness (QED) is 0.780. The largest absolute Gasteiger partial charge is 0.493 e. The van der Waals surface area contributed by atoms with Crippen molar-refractivity contribution in [1.82, 2.24) is 5.32 Å². The number of hydrogen-bond donors (Lipinski definition) is 1. The van der Waals surface area contributed by atoms with Gasteiger partial charge in [0.05, 0.1) is 7.11 Å². The minimum Gasteiger partial charge on any atom is -0.493 e. The highest BCUT2D eigenvalue weighted by Crippen LogP contribution is 2.29. The van der Waals surface area contributed by atoms with E-state index in [-0.39, 0.29) is 0 Å². The molecule has 0 saturated heterocycles. The van der Waals surface area contributed by atoms with Gasteiger partial charge in [-0.25, -0.2) is 0 Å². The Morgan fingerprint density at radius 2 is 1.87 bits per heavy atom. The zero-order valence-electron chi connectivity index (χ0n) is 14.6. The predicted molar refractivity (Wildman–Crippen MR) is 95.1 cm³/mol. The van der Waals surface area contributed by atoms with Crippen molar-refractivity contribution in [3.63, 3.8) is 0 Å². The Hall–Kier alpha value is -2.00. The van der Waals surface area contributed by atoms with E-state index in [4.69, 9.17) is 9.47 Å². The normalized spacial score (nSPS) is 12.0. The average Bonchev–Trinajstić information content (AvgIpc) is 2.58. The number of hydrogen-bond acceptors (Lipinski definition) is 3. The molecule has 2 aromatic carbocycles. The Morgan fingerprint density at radius 3 is 2.57 bits per heavy atom. The molecule has 0 bridgehead atoms. The molecule has 0 aromatic heterocycles. The summed E-state index contributed by atoms with van der Waals surface area (Å²) in [5.74, 6) is 1.56. The van der Waals surface area contributed by atoms with Crippen LogP contribution in [0.1, 0.15) is 37.0 Å². The van der Waals surface area contributed by atoms with Gasteiger partial charge in [0.2, 0.25) is 0 Å². The fraction of sp³-hybridized carbons (Fsp3) is 0.400. The molecular formula is C20H27NO2. The van der Waals surface area contributed by atoms with Crippen molar-refractivity contribution in [1.29, 1.82) is 0 Å². The van der Waals surface area contributed by atoms with E-state index in [2.05, 4.69) is 56.4 Å². The van der Waals surface area contributed by atoms with Crippen molar-refractivity contribution in [2.45, 2.75) is 46.4 Å². The first-order chi connectivity index (χ1) is 11.1. The standard InChI is InChI=1S/C20H27NO2/c1-5-16(3)21-13-17-9-10-19(20(12-17)22-4)23-14-18-8-6-7-15(2)11-18/h6-12,16,21H,5,13-14H2,1-4H3. The number of nitrogens with one attached hydrogen (secondary N) is 1. The fourth-order valence-electron chi connectivity index (χ4n) is 2.34. The fourth-order valence-corrected chi connectivity index (χ4v) is 2.34. The first kappa shape index (κ1) is 17.4. The molecule has 2 aromatic rings. The summed E-state index contributed by atoms with van der Waals surface area (Å²) in [6.45, 7) is 7.84. The van der Waals surface area contributed by atoms with E-state index in [1.807, 2.05) is 12.1 Å². The first-order valence-electron chi connectivity index (χ1n) is 8.21. The summed E-state index contributed by atoms with van der Waals surface area (Å²) in [5.41, 5.74) is 3.60. The van der Waals surface area contributed by atoms with Crippen molar-refractivity contribution < 1.29 is 9.47 Å². The number of benzene rings is 2. The maximum absolute atomic E-state index is 5.93. The van der Waals surface area contributed by atoms with Crippen LogP contribution in [-0.4, -0.2) is 13.2 Å². The first-order valence-corrected chi connectivity index (χ1v) is 8.21. The van der Waals surface area contributed by atoms with Crippen LogP contribution in [0.4, 0.5) is 0 Å². The van der Waals surface area contributed by atoms with Crippen LogP contribution in [0.5, 0.6) is 11.5 Å². The molecule has 0 heterocycles. The summed E-state index contributed by atoms with van der Waals surface area (Å²) in [7, 11) is 1.68. The van der Waals surface area contributed by atoms with Gasteiger partial charge in [0, 0.05) is 12.6 Å². The van der Waals surface area contributed by atoms with E-state index < -0.39 is 0 Å². The second-order valence-corrected chi connectivity index (χ2v) is 5.95. The second kappa shape index (κ2) is 8.59. The highest BCUT2D eigenvalue weighted by atomic mass is 16.5. The molecule has 0 radical (unpaired) electrons. The van der Waals surface area contributed by atoms with Crippen LogP contribution in [0.15, 0.2) is 42.5 Å². The molecule has 0 aliphatic heterocycles. The van der Waals surface area contributed by atoms with Gasteiger partial charge < -0.3 is 14.8 Å². The maximum Gasteiger partial charge on any atom is 0.161 e. The summed E-state index contributed by atoms with van der Waals surface area (Å²) in [4.78, 5) is 0. The molecule has 0 aliphatic rings. The van der Waals surface area contributed by atoms with Crippen molar-refractivity contribution in [2.75, 3.05) is 7.11 Å². The van der Waals surface area contributed by atoms with Gasteiger partial charge in [-0.05, 0) is 43.5 Å². The topological polar surface area (TPSA) is 30.5 Å². The van der Waals surface area contributed by atoms with E-state index in [9.17, 15) is 0 Å². The van der Waals surface area contributed by atoms with Crippen molar-refractivity contribution in [3.8, 4) is 11.5 Å². The summed E-state index contributed by atoms with van der Waals surface area (Å²) in [5, 5.41) is 3.49. The molecule has 0 amide bonds. The summed E-state index contributed by atoms with van der Waals surface area (Å²) >= 11 is 0. The molecular weight excluding hydrogens is 286 g/mol. The molecule has 0 saturated carbocycles. The third-order valence-electron chi connectivity index (χ3n) is 3.97. The van der Waals surface area contributed by atoms with Crippen LogP contribution >= 0.6 is 0 Å². The van der Waals surface area contributed by atoms with E-state index in [1.165, 1.54) is 11.1 Å². The number of aryl methyl sites for hydroxylation is 1. The van der Waals surface area contributed by atoms with E-state index in [1.54, 1.807) is 7.11 Å². The molecule has 0 aliphatic carbocycles. The molecule has 23 heavy (non-hydrogen) atoms. The Bertz CT molecular complexity index is 625. The van der Waals surface area contributed by atoms with Gasteiger partial charge in [-0.15, -0.1) is 0 Å². The lowest BCUT2D eigenvalue weighted by molar-refractivity contribution is 0.284. The van der Waals surface area contributed by atoms with E-state index in [0.717, 1.165) is 30.0 Å². The summed E-state index contributed by atoms with van der Waals surface area (Å²) in [6.07, 6.45) is 1.12. The third-order valence-corrected chi connectivity index (χ3v) is 3.97. The predicted octanol–water partition coefficient (Wildman–Crippen LogP) is 4.47. The highest BCUT2D eigenvalue weighted by molar-refractivity contribution is 5.43. The van der Waals surface area contributed by atoms with Gasteiger partial charge in [0.15, 0.2) is 11.5 Å². The smallest absolute Gasteiger partial charge is 0.161 e. The van der Waals surface area contributed by atoms with Gasteiger partial charge in [-0.2, -0.15) is 0 Å². The lowest BCUT2D eigenvalue weighted by Crippen LogP contribution is -2.24. The van der Waals surface area contributed by atoms with E-state index in [0.29, 0.717) is 12.6 Å². The Morgan fingerprint density at radius 1 is 1.04 bits per heavy atom. The zero-order chi connectivity index (χ0) is 16.7. The van der Waals surface area contributed by atoms with Gasteiger partial charge in [0.1, 0.15) is 6.61 Å². The van der Waals surface area contributed by atoms with Crippen LogP contribution < -0.4 is 14.8 Å². The molecule has 0 spiro atoms. The lowest BCUT2D eigenvalue weighted by atomic mass is 10.1. The van der Waals surface area contributed by atoms with Gasteiger partial charge >= 0.3 is 0 Å². The molecule has 1 unspecified atom stereocenters. The average molecular weight is 313 g/mol. The molecule has 124 valence electrons. The lowest BCUT2D eigenvalue weighted by Gasteiger charge is -2.14. The molecule has 2 rings (SSSR count). The SMILES string of the molecule is CCC(C)NCc1ccc(OCc2cccc(C)c2)c(OC)c1. The summed E-state index contributed by atoms with van der Waals surface area (Å²) < 4.78 is 11.4. The Balaban J connectivity index is 2.01. The van der Waals surface area contributed by atoms with Gasteiger partial charge in [-0.1, -0.05) is 42.8 Å². The van der Waals surface area contributed by atoms with Crippen molar-refractivity contribution in [2.24, 2.45) is 0 Å². The minimum atomic E-state index is 0.512. The van der Waals surface area contributed by atoms with Gasteiger partial charge in [-0.3, -0.25) is 0 Å². The molecule has 0 fully saturated rings. The third kappa shape index (κ3) is 5.29. The van der Waals surface area contributed by atoms with E-state index >= 15 is 0 Å².